The van der Waals surface area contributed by atoms with Gasteiger partial charge in [-0.1, -0.05) is 6.07 Å². The van der Waals surface area contributed by atoms with Gasteiger partial charge in [0, 0.05) is 23.0 Å². The Morgan fingerprint density at radius 3 is 2.88 bits per heavy atom. The highest BCUT2D eigenvalue weighted by atomic mass is 32.1. The molecule has 2 aromatic heterocycles. The van der Waals surface area contributed by atoms with Crippen LogP contribution in [0.25, 0.3) is 10.9 Å². The van der Waals surface area contributed by atoms with Crippen LogP contribution in [0.15, 0.2) is 35.8 Å². The average Bonchev–Trinajstić information content (AvgIpc) is 3.19. The number of hydrogen-bond donors (Lipinski definition) is 2. The SMILES string of the molecule is CC(C)n1ccc2c(OCC(=O)Nc3nc(CC(N)=O)cs3)cccc21. The predicted octanol–water partition coefficient (Wildman–Crippen LogP) is 2.72. The topological polar surface area (TPSA) is 99.2 Å². The first-order valence-electron chi connectivity index (χ1n) is 8.19. The van der Waals surface area contributed by atoms with E-state index in [2.05, 4.69) is 28.7 Å². The van der Waals surface area contributed by atoms with E-state index in [-0.39, 0.29) is 18.9 Å². The van der Waals surface area contributed by atoms with Gasteiger partial charge in [0.15, 0.2) is 11.7 Å². The Labute approximate surface area is 154 Å². The molecule has 8 heteroatoms. The maximum atomic E-state index is 12.1. The number of ether oxygens (including phenoxy) is 1. The number of nitrogens with one attached hydrogen (secondary N) is 1. The number of aromatic nitrogens is 2. The molecular weight excluding hydrogens is 352 g/mol. The maximum absolute atomic E-state index is 12.1. The molecule has 0 radical (unpaired) electrons. The molecule has 2 heterocycles. The summed E-state index contributed by atoms with van der Waals surface area (Å²) in [5.41, 5.74) is 6.73. The lowest BCUT2D eigenvalue weighted by atomic mass is 10.2. The second kappa shape index (κ2) is 7.57. The van der Waals surface area contributed by atoms with Crippen LogP contribution in [0, 0.1) is 0 Å². The van der Waals surface area contributed by atoms with Crippen molar-refractivity contribution in [3.63, 3.8) is 0 Å². The first-order chi connectivity index (χ1) is 12.4. The highest BCUT2D eigenvalue weighted by Gasteiger charge is 2.12. The van der Waals surface area contributed by atoms with Gasteiger partial charge >= 0.3 is 0 Å². The van der Waals surface area contributed by atoms with E-state index >= 15 is 0 Å². The summed E-state index contributed by atoms with van der Waals surface area (Å²) < 4.78 is 7.85. The number of carbonyl (C=O) groups is 2. The van der Waals surface area contributed by atoms with E-state index in [1.807, 2.05) is 30.5 Å². The van der Waals surface area contributed by atoms with E-state index in [1.54, 1.807) is 5.38 Å². The molecule has 136 valence electrons. The number of carbonyl (C=O) groups excluding carboxylic acids is 2. The van der Waals surface area contributed by atoms with Gasteiger partial charge in [-0.05, 0) is 32.0 Å². The lowest BCUT2D eigenvalue weighted by Gasteiger charge is -2.11. The van der Waals surface area contributed by atoms with Gasteiger partial charge in [-0.2, -0.15) is 0 Å². The molecule has 0 unspecified atom stereocenters. The van der Waals surface area contributed by atoms with Crippen molar-refractivity contribution in [2.45, 2.75) is 26.3 Å². The molecule has 3 N–H and O–H groups in total. The van der Waals surface area contributed by atoms with Gasteiger partial charge in [-0.3, -0.25) is 14.9 Å². The van der Waals surface area contributed by atoms with Gasteiger partial charge in [0.05, 0.1) is 17.6 Å². The third-order valence-corrected chi connectivity index (χ3v) is 4.60. The van der Waals surface area contributed by atoms with Gasteiger partial charge in [-0.25, -0.2) is 4.98 Å². The number of nitrogens with two attached hydrogens (primary N) is 1. The molecule has 0 saturated carbocycles. The number of amides is 2. The largest absolute Gasteiger partial charge is 0.483 e. The number of nitrogens with zero attached hydrogens (tertiary/aromatic N) is 2. The van der Waals surface area contributed by atoms with E-state index in [0.29, 0.717) is 22.6 Å². The van der Waals surface area contributed by atoms with Crippen LogP contribution in [0.1, 0.15) is 25.6 Å². The summed E-state index contributed by atoms with van der Waals surface area (Å²) >= 11 is 1.24. The van der Waals surface area contributed by atoms with Crippen LogP contribution < -0.4 is 15.8 Å². The minimum Gasteiger partial charge on any atom is -0.483 e. The smallest absolute Gasteiger partial charge is 0.264 e. The Bertz CT molecular complexity index is 945. The summed E-state index contributed by atoms with van der Waals surface area (Å²) in [5.74, 6) is -0.117. The number of primary amides is 1. The molecule has 2 amide bonds. The average molecular weight is 372 g/mol. The fraction of sp³-hybridized carbons (Fsp3) is 0.278. The summed E-state index contributed by atoms with van der Waals surface area (Å²) in [6.07, 6.45) is 2.07. The van der Waals surface area contributed by atoms with Crippen LogP contribution in [0.3, 0.4) is 0 Å². The van der Waals surface area contributed by atoms with Crippen LogP contribution in [-0.2, 0) is 16.0 Å². The lowest BCUT2D eigenvalue weighted by Crippen LogP contribution is -2.20. The normalized spacial score (nSPS) is 11.0. The second-order valence-electron chi connectivity index (χ2n) is 6.13. The van der Waals surface area contributed by atoms with Crippen molar-refractivity contribution < 1.29 is 14.3 Å². The molecule has 3 aromatic rings. The Morgan fingerprint density at radius 1 is 1.35 bits per heavy atom. The zero-order chi connectivity index (χ0) is 18.7. The van der Waals surface area contributed by atoms with E-state index in [0.717, 1.165) is 10.9 Å². The van der Waals surface area contributed by atoms with Crippen molar-refractivity contribution in [3.05, 3.63) is 41.5 Å². The van der Waals surface area contributed by atoms with Gasteiger partial charge in [0.25, 0.3) is 5.91 Å². The Kier molecular flexibility index (Phi) is 5.22. The molecule has 0 aliphatic rings. The van der Waals surface area contributed by atoms with E-state index in [4.69, 9.17) is 10.5 Å². The van der Waals surface area contributed by atoms with E-state index in [9.17, 15) is 9.59 Å². The molecule has 0 saturated heterocycles. The van der Waals surface area contributed by atoms with Crippen LogP contribution >= 0.6 is 11.3 Å². The van der Waals surface area contributed by atoms with Crippen LogP contribution in [0.4, 0.5) is 5.13 Å². The van der Waals surface area contributed by atoms with Crippen LogP contribution in [0.5, 0.6) is 5.75 Å². The molecule has 0 aliphatic carbocycles. The lowest BCUT2D eigenvalue weighted by molar-refractivity contribution is -0.118. The van der Waals surface area contributed by atoms with Gasteiger partial charge in [-0.15, -0.1) is 11.3 Å². The van der Waals surface area contributed by atoms with Crippen molar-refractivity contribution in [2.75, 3.05) is 11.9 Å². The van der Waals surface area contributed by atoms with Gasteiger partial charge in [0.1, 0.15) is 5.75 Å². The number of thiazole rings is 1. The molecule has 0 bridgehead atoms. The summed E-state index contributed by atoms with van der Waals surface area (Å²) in [6.45, 7) is 4.10. The third kappa shape index (κ3) is 4.02. The summed E-state index contributed by atoms with van der Waals surface area (Å²) in [5, 5.41) is 5.74. The predicted molar refractivity (Wildman–Crippen MR) is 101 cm³/mol. The summed E-state index contributed by atoms with van der Waals surface area (Å²) in [4.78, 5) is 27.1. The van der Waals surface area contributed by atoms with Crippen molar-refractivity contribution in [3.8, 4) is 5.75 Å². The van der Waals surface area contributed by atoms with Crippen LogP contribution in [0.2, 0.25) is 0 Å². The Balaban J connectivity index is 1.64. The molecule has 3 rings (SSSR count). The second-order valence-corrected chi connectivity index (χ2v) is 6.99. The van der Waals surface area contributed by atoms with E-state index in [1.165, 1.54) is 11.3 Å². The number of rotatable bonds is 7. The van der Waals surface area contributed by atoms with Crippen molar-refractivity contribution >= 4 is 39.2 Å². The molecule has 0 aliphatic heterocycles. The third-order valence-electron chi connectivity index (χ3n) is 3.79. The van der Waals surface area contributed by atoms with Crippen LogP contribution in [-0.4, -0.2) is 28.0 Å². The number of anilines is 1. The number of benzene rings is 1. The van der Waals surface area contributed by atoms with E-state index < -0.39 is 5.91 Å². The van der Waals surface area contributed by atoms with Crippen molar-refractivity contribution in [1.82, 2.24) is 9.55 Å². The molecule has 0 atom stereocenters. The standard InChI is InChI=1S/C18H20N4O3S/c1-11(2)22-7-6-13-14(22)4-3-5-15(13)25-9-17(24)21-18-20-12(10-26-18)8-16(19)23/h3-7,10-11H,8-9H2,1-2H3,(H2,19,23)(H,20,21,24). The Morgan fingerprint density at radius 2 is 2.15 bits per heavy atom. The minimum atomic E-state index is -0.460. The molecule has 1 aromatic carbocycles. The summed E-state index contributed by atoms with van der Waals surface area (Å²) in [6, 6.07) is 8.10. The first kappa shape index (κ1) is 17.9. The molecule has 7 nitrogen and oxygen atoms in total. The number of hydrogen-bond acceptors (Lipinski definition) is 5. The van der Waals surface area contributed by atoms with Gasteiger partial charge < -0.3 is 15.0 Å². The highest BCUT2D eigenvalue weighted by molar-refractivity contribution is 7.13. The minimum absolute atomic E-state index is 0.0533. The monoisotopic (exact) mass is 372 g/mol. The fourth-order valence-electron chi connectivity index (χ4n) is 2.66. The fourth-order valence-corrected chi connectivity index (χ4v) is 3.39. The highest BCUT2D eigenvalue weighted by Crippen LogP contribution is 2.28. The quantitative estimate of drug-likeness (QED) is 0.666. The molecular formula is C18H20N4O3S. The van der Waals surface area contributed by atoms with Crippen molar-refractivity contribution in [2.24, 2.45) is 5.73 Å². The molecule has 26 heavy (non-hydrogen) atoms. The zero-order valence-corrected chi connectivity index (χ0v) is 15.4. The van der Waals surface area contributed by atoms with Gasteiger partial charge in [0.2, 0.25) is 5.91 Å². The maximum Gasteiger partial charge on any atom is 0.264 e. The number of fused-ring (bicyclic) bond motifs is 1. The molecule has 0 fully saturated rings. The zero-order valence-electron chi connectivity index (χ0n) is 14.6. The summed E-state index contributed by atoms with van der Waals surface area (Å²) in [7, 11) is 0. The first-order valence-corrected chi connectivity index (χ1v) is 9.07. The molecule has 0 spiro atoms. The Hall–Kier alpha value is -2.87. The van der Waals surface area contributed by atoms with Crippen molar-refractivity contribution in [1.29, 1.82) is 0 Å².